The zero-order valence-electron chi connectivity index (χ0n) is 11.2. The van der Waals surface area contributed by atoms with Gasteiger partial charge >= 0.3 is 0 Å². The van der Waals surface area contributed by atoms with E-state index in [2.05, 4.69) is 29.6 Å². The van der Waals surface area contributed by atoms with Crippen LogP contribution in [0.5, 0.6) is 0 Å². The predicted molar refractivity (Wildman–Crippen MR) is 70.8 cm³/mol. The molecule has 0 amide bonds. The first-order chi connectivity index (χ1) is 8.15. The van der Waals surface area contributed by atoms with Crippen LogP contribution in [0.1, 0.15) is 51.8 Å². The number of hydrogen-bond acceptors (Lipinski definition) is 2. The number of hydrogen-bond donors (Lipinski definition) is 1. The number of imidazole rings is 1. The van der Waals surface area contributed by atoms with Gasteiger partial charge in [-0.05, 0) is 25.2 Å². The van der Waals surface area contributed by atoms with Crippen molar-refractivity contribution in [1.29, 1.82) is 0 Å². The minimum atomic E-state index is -0.0326. The van der Waals surface area contributed by atoms with Crippen LogP contribution >= 0.6 is 0 Å². The molecule has 1 saturated carbocycles. The van der Waals surface area contributed by atoms with Crippen LogP contribution < -0.4 is 5.73 Å². The van der Waals surface area contributed by atoms with Gasteiger partial charge in [0.1, 0.15) is 5.82 Å². The normalized spacial score (nSPS) is 29.5. The van der Waals surface area contributed by atoms with E-state index in [0.717, 1.165) is 25.8 Å². The molecular formula is C14H25N3. The first-order valence-electron chi connectivity index (χ1n) is 6.94. The van der Waals surface area contributed by atoms with Crippen molar-refractivity contribution in [2.24, 2.45) is 11.7 Å². The highest BCUT2D eigenvalue weighted by Crippen LogP contribution is 2.33. The summed E-state index contributed by atoms with van der Waals surface area (Å²) in [5.41, 5.74) is 6.57. The minimum Gasteiger partial charge on any atom is -0.335 e. The van der Waals surface area contributed by atoms with E-state index >= 15 is 0 Å². The Kier molecular flexibility index (Phi) is 3.87. The van der Waals surface area contributed by atoms with Gasteiger partial charge in [0.25, 0.3) is 0 Å². The maximum atomic E-state index is 6.61. The van der Waals surface area contributed by atoms with E-state index < -0.39 is 0 Å². The highest BCUT2D eigenvalue weighted by Gasteiger charge is 2.35. The molecule has 17 heavy (non-hydrogen) atoms. The van der Waals surface area contributed by atoms with Crippen LogP contribution in [-0.4, -0.2) is 15.1 Å². The average Bonchev–Trinajstić information content (AvgIpc) is 2.71. The number of rotatable bonds is 4. The Hall–Kier alpha value is -0.830. The van der Waals surface area contributed by atoms with Crippen LogP contribution in [0.4, 0.5) is 0 Å². The van der Waals surface area contributed by atoms with Gasteiger partial charge in [0.2, 0.25) is 0 Å². The van der Waals surface area contributed by atoms with Gasteiger partial charge in [-0.3, -0.25) is 0 Å². The Labute approximate surface area is 104 Å². The predicted octanol–water partition coefficient (Wildman–Crippen LogP) is 2.74. The molecule has 2 N–H and O–H groups in total. The molecule has 3 nitrogen and oxygen atoms in total. The number of nitrogens with two attached hydrogens (primary N) is 1. The maximum absolute atomic E-state index is 6.61. The lowest BCUT2D eigenvalue weighted by atomic mass is 9.72. The van der Waals surface area contributed by atoms with Crippen LogP contribution in [0.3, 0.4) is 0 Å². The Balaban J connectivity index is 2.10. The third kappa shape index (κ3) is 2.71. The van der Waals surface area contributed by atoms with Crippen molar-refractivity contribution >= 4 is 0 Å². The topological polar surface area (TPSA) is 43.8 Å². The van der Waals surface area contributed by atoms with Gasteiger partial charge in [-0.1, -0.05) is 26.7 Å². The third-order valence-electron chi connectivity index (χ3n) is 4.26. The van der Waals surface area contributed by atoms with Crippen molar-refractivity contribution in [2.75, 3.05) is 0 Å². The molecule has 0 aliphatic heterocycles. The van der Waals surface area contributed by atoms with Gasteiger partial charge in [0, 0.05) is 30.9 Å². The number of aryl methyl sites for hydroxylation is 1. The molecule has 0 spiro atoms. The lowest BCUT2D eigenvalue weighted by Gasteiger charge is -2.39. The zero-order chi connectivity index (χ0) is 12.3. The fourth-order valence-corrected chi connectivity index (χ4v) is 2.95. The molecule has 0 saturated heterocycles. The zero-order valence-corrected chi connectivity index (χ0v) is 11.2. The van der Waals surface area contributed by atoms with E-state index in [1.807, 2.05) is 6.20 Å². The molecule has 1 aromatic heterocycles. The molecule has 2 atom stereocenters. The standard InChI is InChI=1S/C14H25N3/c1-3-9-17-10-8-16-13(17)11-14(15)7-5-4-6-12(14)2/h8,10,12H,3-7,9,11,15H2,1-2H3. The van der Waals surface area contributed by atoms with Gasteiger partial charge in [0.05, 0.1) is 0 Å². The summed E-state index contributed by atoms with van der Waals surface area (Å²) >= 11 is 0. The molecule has 0 aromatic carbocycles. The summed E-state index contributed by atoms with van der Waals surface area (Å²) < 4.78 is 2.26. The first-order valence-corrected chi connectivity index (χ1v) is 6.94. The molecule has 0 radical (unpaired) electrons. The smallest absolute Gasteiger partial charge is 0.110 e. The second-order valence-corrected chi connectivity index (χ2v) is 5.59. The molecule has 1 fully saturated rings. The van der Waals surface area contributed by atoms with Crippen LogP contribution in [0.2, 0.25) is 0 Å². The van der Waals surface area contributed by atoms with Crippen LogP contribution in [-0.2, 0) is 13.0 Å². The molecular weight excluding hydrogens is 210 g/mol. The van der Waals surface area contributed by atoms with Crippen LogP contribution in [0, 0.1) is 5.92 Å². The van der Waals surface area contributed by atoms with Crippen LogP contribution in [0.15, 0.2) is 12.4 Å². The van der Waals surface area contributed by atoms with Gasteiger partial charge in [-0.25, -0.2) is 4.98 Å². The van der Waals surface area contributed by atoms with Gasteiger partial charge in [0.15, 0.2) is 0 Å². The van der Waals surface area contributed by atoms with Gasteiger partial charge in [-0.15, -0.1) is 0 Å². The molecule has 1 heterocycles. The van der Waals surface area contributed by atoms with E-state index in [9.17, 15) is 0 Å². The molecule has 96 valence electrons. The number of aromatic nitrogens is 2. The molecule has 3 heteroatoms. The molecule has 1 aliphatic carbocycles. The Morgan fingerprint density at radius 1 is 1.53 bits per heavy atom. The fraction of sp³-hybridized carbons (Fsp3) is 0.786. The molecule has 1 aliphatic rings. The summed E-state index contributed by atoms with van der Waals surface area (Å²) in [7, 11) is 0. The van der Waals surface area contributed by atoms with E-state index in [1.54, 1.807) is 0 Å². The first kappa shape index (κ1) is 12.6. The van der Waals surface area contributed by atoms with E-state index in [-0.39, 0.29) is 5.54 Å². The fourth-order valence-electron chi connectivity index (χ4n) is 2.95. The van der Waals surface area contributed by atoms with Gasteiger partial charge in [-0.2, -0.15) is 0 Å². The maximum Gasteiger partial charge on any atom is 0.110 e. The van der Waals surface area contributed by atoms with Crippen molar-refractivity contribution in [1.82, 2.24) is 9.55 Å². The molecule has 2 rings (SSSR count). The molecule has 2 unspecified atom stereocenters. The second-order valence-electron chi connectivity index (χ2n) is 5.59. The van der Waals surface area contributed by atoms with E-state index in [0.29, 0.717) is 5.92 Å². The lowest BCUT2D eigenvalue weighted by Crippen LogP contribution is -2.50. The highest BCUT2D eigenvalue weighted by molar-refractivity contribution is 5.04. The summed E-state index contributed by atoms with van der Waals surface area (Å²) in [6.45, 7) is 5.55. The van der Waals surface area contributed by atoms with E-state index in [1.165, 1.54) is 25.1 Å². The second kappa shape index (κ2) is 5.21. The Morgan fingerprint density at radius 2 is 2.35 bits per heavy atom. The SMILES string of the molecule is CCCn1ccnc1CC1(N)CCCCC1C. The summed E-state index contributed by atoms with van der Waals surface area (Å²) in [6, 6.07) is 0. The largest absolute Gasteiger partial charge is 0.335 e. The van der Waals surface area contributed by atoms with Gasteiger partial charge < -0.3 is 10.3 Å². The lowest BCUT2D eigenvalue weighted by molar-refractivity contribution is 0.199. The minimum absolute atomic E-state index is 0.0326. The summed E-state index contributed by atoms with van der Waals surface area (Å²) in [5.74, 6) is 1.78. The van der Waals surface area contributed by atoms with E-state index in [4.69, 9.17) is 5.73 Å². The van der Waals surface area contributed by atoms with Crippen molar-refractivity contribution < 1.29 is 0 Å². The molecule has 0 bridgehead atoms. The number of nitrogens with zero attached hydrogens (tertiary/aromatic N) is 2. The summed E-state index contributed by atoms with van der Waals surface area (Å²) in [4.78, 5) is 4.49. The third-order valence-corrected chi connectivity index (χ3v) is 4.26. The Morgan fingerprint density at radius 3 is 3.06 bits per heavy atom. The average molecular weight is 235 g/mol. The van der Waals surface area contributed by atoms with Crippen molar-refractivity contribution in [2.45, 2.75) is 64.5 Å². The van der Waals surface area contributed by atoms with Crippen molar-refractivity contribution in [3.8, 4) is 0 Å². The molecule has 1 aromatic rings. The summed E-state index contributed by atoms with van der Waals surface area (Å²) in [5, 5.41) is 0. The Bertz CT molecular complexity index is 358. The summed E-state index contributed by atoms with van der Waals surface area (Å²) in [6.07, 6.45) is 11.1. The van der Waals surface area contributed by atoms with Crippen molar-refractivity contribution in [3.63, 3.8) is 0 Å². The highest BCUT2D eigenvalue weighted by atomic mass is 15.1. The van der Waals surface area contributed by atoms with Crippen LogP contribution in [0.25, 0.3) is 0 Å². The van der Waals surface area contributed by atoms with Crippen molar-refractivity contribution in [3.05, 3.63) is 18.2 Å². The quantitative estimate of drug-likeness (QED) is 0.872. The monoisotopic (exact) mass is 235 g/mol.